The summed E-state index contributed by atoms with van der Waals surface area (Å²) in [4.78, 5) is 23.5. The first kappa shape index (κ1) is 15.9. The standard InChI is InChI=1S/C15H11ClF2N2O2/c1-8-10(16)3-2-4-12(8)19-14(21)15(22)20-13-7-9(17)5-6-11(13)18/h2-7H,1H3,(H,19,21)(H,20,22). The molecule has 0 heterocycles. The van der Waals surface area contributed by atoms with E-state index in [9.17, 15) is 18.4 Å². The summed E-state index contributed by atoms with van der Waals surface area (Å²) >= 11 is 5.90. The summed E-state index contributed by atoms with van der Waals surface area (Å²) < 4.78 is 26.4. The molecule has 22 heavy (non-hydrogen) atoms. The lowest BCUT2D eigenvalue weighted by molar-refractivity contribution is -0.133. The molecule has 2 aromatic rings. The van der Waals surface area contributed by atoms with E-state index in [0.29, 0.717) is 16.3 Å². The third-order valence-corrected chi connectivity index (χ3v) is 3.31. The van der Waals surface area contributed by atoms with Crippen LogP contribution in [0.1, 0.15) is 5.56 Å². The van der Waals surface area contributed by atoms with Gasteiger partial charge >= 0.3 is 11.8 Å². The molecule has 2 aromatic carbocycles. The van der Waals surface area contributed by atoms with Crippen LogP contribution < -0.4 is 10.6 Å². The minimum atomic E-state index is -1.12. The molecular formula is C15H11ClF2N2O2. The molecule has 2 N–H and O–H groups in total. The first-order valence-corrected chi connectivity index (χ1v) is 6.59. The second-order valence-corrected chi connectivity index (χ2v) is 4.85. The quantitative estimate of drug-likeness (QED) is 0.831. The van der Waals surface area contributed by atoms with Gasteiger partial charge in [0.25, 0.3) is 0 Å². The van der Waals surface area contributed by atoms with Crippen molar-refractivity contribution >= 4 is 34.8 Å². The highest BCUT2D eigenvalue weighted by atomic mass is 35.5. The van der Waals surface area contributed by atoms with Crippen LogP contribution in [0.5, 0.6) is 0 Å². The Kier molecular flexibility index (Phi) is 4.72. The van der Waals surface area contributed by atoms with Crippen molar-refractivity contribution in [3.8, 4) is 0 Å². The van der Waals surface area contributed by atoms with Crippen LogP contribution in [0.15, 0.2) is 36.4 Å². The second-order valence-electron chi connectivity index (χ2n) is 4.44. The number of hydrogen-bond acceptors (Lipinski definition) is 2. The Bertz CT molecular complexity index is 736. The summed E-state index contributed by atoms with van der Waals surface area (Å²) in [7, 11) is 0. The normalized spacial score (nSPS) is 10.2. The Morgan fingerprint density at radius 3 is 2.32 bits per heavy atom. The summed E-state index contributed by atoms with van der Waals surface area (Å²) in [6.07, 6.45) is 0. The van der Waals surface area contributed by atoms with E-state index in [-0.39, 0.29) is 0 Å². The van der Waals surface area contributed by atoms with Crippen LogP contribution in [0.2, 0.25) is 5.02 Å². The molecule has 0 fully saturated rings. The van der Waals surface area contributed by atoms with Crippen molar-refractivity contribution in [3.63, 3.8) is 0 Å². The topological polar surface area (TPSA) is 58.2 Å². The Labute approximate surface area is 130 Å². The summed E-state index contributed by atoms with van der Waals surface area (Å²) in [5, 5.41) is 4.79. The van der Waals surface area contributed by atoms with Gasteiger partial charge in [-0.05, 0) is 36.8 Å². The van der Waals surface area contributed by atoms with Gasteiger partial charge in [0.15, 0.2) is 0 Å². The zero-order chi connectivity index (χ0) is 16.3. The number of rotatable bonds is 2. The molecule has 7 heteroatoms. The fourth-order valence-electron chi connectivity index (χ4n) is 1.69. The van der Waals surface area contributed by atoms with Gasteiger partial charge in [0, 0.05) is 16.8 Å². The lowest BCUT2D eigenvalue weighted by Crippen LogP contribution is -2.29. The lowest BCUT2D eigenvalue weighted by Gasteiger charge is -2.10. The zero-order valence-electron chi connectivity index (χ0n) is 11.4. The molecule has 0 aliphatic carbocycles. The molecule has 0 aliphatic rings. The van der Waals surface area contributed by atoms with E-state index >= 15 is 0 Å². The first-order valence-electron chi connectivity index (χ1n) is 6.21. The highest BCUT2D eigenvalue weighted by molar-refractivity contribution is 6.44. The van der Waals surface area contributed by atoms with Crippen molar-refractivity contribution < 1.29 is 18.4 Å². The lowest BCUT2D eigenvalue weighted by atomic mass is 10.2. The predicted octanol–water partition coefficient (Wildman–Crippen LogP) is 3.50. The third-order valence-electron chi connectivity index (χ3n) is 2.90. The summed E-state index contributed by atoms with van der Waals surface area (Å²) in [5.74, 6) is -3.72. The Hall–Kier alpha value is -2.47. The van der Waals surface area contributed by atoms with Crippen LogP contribution in [0.25, 0.3) is 0 Å². The molecule has 0 bridgehead atoms. The number of carbonyl (C=O) groups is 2. The number of halogens is 3. The van der Waals surface area contributed by atoms with E-state index in [1.807, 2.05) is 5.32 Å². The minimum absolute atomic E-state index is 0.354. The highest BCUT2D eigenvalue weighted by Crippen LogP contribution is 2.23. The predicted molar refractivity (Wildman–Crippen MR) is 79.8 cm³/mol. The van der Waals surface area contributed by atoms with Crippen molar-refractivity contribution in [2.24, 2.45) is 0 Å². The number of hydrogen-bond donors (Lipinski definition) is 2. The van der Waals surface area contributed by atoms with E-state index in [1.165, 1.54) is 0 Å². The van der Waals surface area contributed by atoms with Crippen LogP contribution in [0.4, 0.5) is 20.2 Å². The van der Waals surface area contributed by atoms with Gasteiger partial charge in [0.1, 0.15) is 11.6 Å². The average Bonchev–Trinajstić information content (AvgIpc) is 2.47. The molecule has 114 valence electrons. The number of amides is 2. The zero-order valence-corrected chi connectivity index (χ0v) is 12.2. The SMILES string of the molecule is Cc1c(Cl)cccc1NC(=O)C(=O)Nc1cc(F)ccc1F. The number of anilines is 2. The van der Waals surface area contributed by atoms with E-state index in [0.717, 1.165) is 18.2 Å². The highest BCUT2D eigenvalue weighted by Gasteiger charge is 2.17. The molecule has 0 spiro atoms. The second kappa shape index (κ2) is 6.53. The van der Waals surface area contributed by atoms with Gasteiger partial charge in [0.05, 0.1) is 5.69 Å². The molecule has 0 saturated carbocycles. The van der Waals surface area contributed by atoms with Gasteiger partial charge in [-0.2, -0.15) is 0 Å². The fourth-order valence-corrected chi connectivity index (χ4v) is 1.87. The van der Waals surface area contributed by atoms with E-state index in [4.69, 9.17) is 11.6 Å². The molecule has 0 aliphatic heterocycles. The van der Waals surface area contributed by atoms with E-state index < -0.39 is 29.1 Å². The van der Waals surface area contributed by atoms with Crippen molar-refractivity contribution in [2.75, 3.05) is 10.6 Å². The van der Waals surface area contributed by atoms with Crippen LogP contribution in [0.3, 0.4) is 0 Å². The van der Waals surface area contributed by atoms with Crippen LogP contribution in [-0.2, 0) is 9.59 Å². The van der Waals surface area contributed by atoms with E-state index in [2.05, 4.69) is 5.32 Å². The van der Waals surface area contributed by atoms with Gasteiger partial charge in [0.2, 0.25) is 0 Å². The summed E-state index contributed by atoms with van der Waals surface area (Å²) in [6.45, 7) is 1.67. The van der Waals surface area contributed by atoms with E-state index in [1.54, 1.807) is 25.1 Å². The minimum Gasteiger partial charge on any atom is -0.317 e. The molecule has 0 radical (unpaired) electrons. The molecule has 0 aromatic heterocycles. The third kappa shape index (κ3) is 3.59. The first-order chi connectivity index (χ1) is 10.4. The summed E-state index contributed by atoms with van der Waals surface area (Å²) in [5.41, 5.74) is 0.526. The molecular weight excluding hydrogens is 314 g/mol. The largest absolute Gasteiger partial charge is 0.317 e. The van der Waals surface area contributed by atoms with Crippen molar-refractivity contribution in [3.05, 3.63) is 58.6 Å². The number of benzene rings is 2. The van der Waals surface area contributed by atoms with Crippen LogP contribution in [0, 0.1) is 18.6 Å². The molecule has 0 atom stereocenters. The van der Waals surface area contributed by atoms with Crippen molar-refractivity contribution in [1.82, 2.24) is 0 Å². The molecule has 0 saturated heterocycles. The Balaban J connectivity index is 2.11. The molecule has 4 nitrogen and oxygen atoms in total. The maximum absolute atomic E-state index is 13.4. The fraction of sp³-hybridized carbons (Fsp3) is 0.0667. The van der Waals surface area contributed by atoms with Gasteiger partial charge < -0.3 is 10.6 Å². The molecule has 2 amide bonds. The van der Waals surface area contributed by atoms with Gasteiger partial charge in [-0.15, -0.1) is 0 Å². The van der Waals surface area contributed by atoms with Gasteiger partial charge in [-0.25, -0.2) is 8.78 Å². The maximum atomic E-state index is 13.4. The van der Waals surface area contributed by atoms with Gasteiger partial charge in [-0.1, -0.05) is 17.7 Å². The monoisotopic (exact) mass is 324 g/mol. The average molecular weight is 325 g/mol. The number of carbonyl (C=O) groups excluding carboxylic acids is 2. The Morgan fingerprint density at radius 2 is 1.64 bits per heavy atom. The summed E-state index contributed by atoms with van der Waals surface area (Å²) in [6, 6.07) is 7.34. The molecule has 0 unspecified atom stereocenters. The van der Waals surface area contributed by atoms with Crippen LogP contribution >= 0.6 is 11.6 Å². The van der Waals surface area contributed by atoms with Crippen molar-refractivity contribution in [1.29, 1.82) is 0 Å². The maximum Gasteiger partial charge on any atom is 0.314 e. The van der Waals surface area contributed by atoms with Crippen LogP contribution in [-0.4, -0.2) is 11.8 Å². The van der Waals surface area contributed by atoms with Crippen molar-refractivity contribution in [2.45, 2.75) is 6.92 Å². The Morgan fingerprint density at radius 1 is 1.00 bits per heavy atom. The van der Waals surface area contributed by atoms with Gasteiger partial charge in [-0.3, -0.25) is 9.59 Å². The number of nitrogens with one attached hydrogen (secondary N) is 2. The smallest absolute Gasteiger partial charge is 0.314 e. The molecule has 2 rings (SSSR count).